The molecule has 0 amide bonds. The summed E-state index contributed by atoms with van der Waals surface area (Å²) >= 11 is 0. The number of nitrogens with two attached hydrogens (primary N) is 1. The average Bonchev–Trinajstić information content (AvgIpc) is 2.85. The topological polar surface area (TPSA) is 43.8 Å². The summed E-state index contributed by atoms with van der Waals surface area (Å²) in [6, 6.07) is 5.53. The predicted molar refractivity (Wildman–Crippen MR) is 66.3 cm³/mol. The van der Waals surface area contributed by atoms with Crippen molar-refractivity contribution in [2.45, 2.75) is 18.8 Å². The van der Waals surface area contributed by atoms with Crippen LogP contribution in [-0.2, 0) is 18.8 Å². The second kappa shape index (κ2) is 5.64. The number of nitrogens with zero attached hydrogens (tertiary/aromatic N) is 2. The first-order chi connectivity index (χ1) is 10.1. The van der Waals surface area contributed by atoms with Gasteiger partial charge < -0.3 is 5.73 Å². The Kier molecular flexibility index (Phi) is 4.19. The highest BCUT2D eigenvalue weighted by Gasteiger charge is 2.42. The summed E-state index contributed by atoms with van der Waals surface area (Å²) in [5, 5.41) is 3.04. The van der Waals surface area contributed by atoms with Crippen LogP contribution in [0.25, 0.3) is 5.69 Å². The molecule has 0 atom stereocenters. The van der Waals surface area contributed by atoms with Crippen LogP contribution < -0.4 is 5.73 Å². The Morgan fingerprint density at radius 2 is 1.55 bits per heavy atom. The van der Waals surface area contributed by atoms with Crippen molar-refractivity contribution in [1.82, 2.24) is 9.78 Å². The van der Waals surface area contributed by atoms with Crippen molar-refractivity contribution in [2.75, 3.05) is 6.54 Å². The molecule has 0 fully saturated rings. The fraction of sp³-hybridized carbons (Fsp3) is 0.308. The number of benzene rings is 1. The Bertz CT molecular complexity index is 639. The summed E-state index contributed by atoms with van der Waals surface area (Å²) < 4.78 is 76.7. The minimum atomic E-state index is -4.95. The third kappa shape index (κ3) is 3.41. The fourth-order valence-corrected chi connectivity index (χ4v) is 1.89. The fourth-order valence-electron chi connectivity index (χ4n) is 1.89. The Morgan fingerprint density at radius 3 is 2.00 bits per heavy atom. The number of hydrogen-bond donors (Lipinski definition) is 1. The van der Waals surface area contributed by atoms with Gasteiger partial charge >= 0.3 is 12.4 Å². The first kappa shape index (κ1) is 16.3. The van der Waals surface area contributed by atoms with Crippen molar-refractivity contribution in [3.05, 3.63) is 47.3 Å². The van der Waals surface area contributed by atoms with Crippen LogP contribution in [0.4, 0.5) is 26.3 Å². The van der Waals surface area contributed by atoms with Gasteiger partial charge in [-0.2, -0.15) is 31.4 Å². The highest BCUT2D eigenvalue weighted by molar-refractivity contribution is 5.37. The van der Waals surface area contributed by atoms with Crippen molar-refractivity contribution >= 4 is 0 Å². The predicted octanol–water partition coefficient (Wildman–Crippen LogP) is 3.41. The number of aromatic nitrogens is 2. The summed E-state index contributed by atoms with van der Waals surface area (Å²) in [6.45, 7) is 0.354. The third-order valence-electron chi connectivity index (χ3n) is 2.90. The molecule has 9 heteroatoms. The second-order valence-corrected chi connectivity index (χ2v) is 4.53. The van der Waals surface area contributed by atoms with Crippen LogP contribution in [0.5, 0.6) is 0 Å². The van der Waals surface area contributed by atoms with Crippen molar-refractivity contribution in [3.63, 3.8) is 0 Å². The molecule has 0 aliphatic rings. The van der Waals surface area contributed by atoms with Crippen LogP contribution >= 0.6 is 0 Å². The van der Waals surface area contributed by atoms with Crippen LogP contribution in [0.1, 0.15) is 17.0 Å². The van der Waals surface area contributed by atoms with E-state index in [0.717, 1.165) is 5.56 Å². The largest absolute Gasteiger partial charge is 0.435 e. The quantitative estimate of drug-likeness (QED) is 0.880. The normalized spacial score (nSPS) is 12.7. The zero-order valence-corrected chi connectivity index (χ0v) is 11.0. The summed E-state index contributed by atoms with van der Waals surface area (Å²) in [5.41, 5.74) is 2.94. The third-order valence-corrected chi connectivity index (χ3v) is 2.90. The Labute approximate surface area is 121 Å². The molecule has 22 heavy (non-hydrogen) atoms. The SMILES string of the molecule is NCCc1ccc(-n2nc(C(F)(F)F)cc2C(F)(F)F)cc1. The van der Waals surface area contributed by atoms with E-state index in [2.05, 4.69) is 5.10 Å². The zero-order chi connectivity index (χ0) is 16.5. The summed E-state index contributed by atoms with van der Waals surface area (Å²) in [6.07, 6.45) is -9.39. The van der Waals surface area contributed by atoms with Gasteiger partial charge in [0.25, 0.3) is 0 Å². The number of rotatable bonds is 3. The van der Waals surface area contributed by atoms with E-state index in [1.807, 2.05) is 0 Å². The van der Waals surface area contributed by atoms with Gasteiger partial charge in [0.2, 0.25) is 0 Å². The molecule has 1 heterocycles. The second-order valence-electron chi connectivity index (χ2n) is 4.53. The zero-order valence-electron chi connectivity index (χ0n) is 11.0. The number of alkyl halides is 6. The molecule has 2 aromatic rings. The maximum atomic E-state index is 12.9. The lowest BCUT2D eigenvalue weighted by molar-refractivity contribution is -0.143. The highest BCUT2D eigenvalue weighted by Crippen LogP contribution is 2.36. The molecular weight excluding hydrogens is 312 g/mol. The van der Waals surface area contributed by atoms with Gasteiger partial charge in [-0.05, 0) is 30.7 Å². The molecule has 0 bridgehead atoms. The van der Waals surface area contributed by atoms with Crippen LogP contribution in [0.3, 0.4) is 0 Å². The molecule has 0 saturated carbocycles. The van der Waals surface area contributed by atoms with Crippen molar-refractivity contribution in [2.24, 2.45) is 5.73 Å². The molecule has 2 rings (SSSR count). The molecule has 1 aromatic carbocycles. The van der Waals surface area contributed by atoms with Gasteiger partial charge in [0, 0.05) is 6.07 Å². The van der Waals surface area contributed by atoms with Crippen LogP contribution in [0.2, 0.25) is 0 Å². The van der Waals surface area contributed by atoms with Crippen LogP contribution in [0, 0.1) is 0 Å². The molecule has 3 nitrogen and oxygen atoms in total. The highest BCUT2D eigenvalue weighted by atomic mass is 19.4. The van der Waals surface area contributed by atoms with Gasteiger partial charge in [0.15, 0.2) is 5.69 Å². The van der Waals surface area contributed by atoms with E-state index in [9.17, 15) is 26.3 Å². The van der Waals surface area contributed by atoms with E-state index >= 15 is 0 Å². The van der Waals surface area contributed by atoms with E-state index in [0.29, 0.717) is 13.0 Å². The lowest BCUT2D eigenvalue weighted by Crippen LogP contribution is -2.13. The number of halogens is 6. The van der Waals surface area contributed by atoms with Crippen molar-refractivity contribution in [1.29, 1.82) is 0 Å². The Balaban J connectivity index is 2.51. The van der Waals surface area contributed by atoms with E-state index < -0.39 is 23.7 Å². The van der Waals surface area contributed by atoms with Gasteiger partial charge in [-0.1, -0.05) is 12.1 Å². The van der Waals surface area contributed by atoms with E-state index in [1.54, 1.807) is 0 Å². The molecule has 0 unspecified atom stereocenters. The van der Waals surface area contributed by atoms with Gasteiger partial charge in [0.1, 0.15) is 5.69 Å². The van der Waals surface area contributed by atoms with E-state index in [1.165, 1.54) is 24.3 Å². The van der Waals surface area contributed by atoms with Gasteiger partial charge in [-0.3, -0.25) is 0 Å². The summed E-state index contributed by atoms with van der Waals surface area (Å²) in [4.78, 5) is 0. The van der Waals surface area contributed by atoms with Crippen LogP contribution in [-0.4, -0.2) is 16.3 Å². The maximum absolute atomic E-state index is 12.9. The maximum Gasteiger partial charge on any atom is 0.435 e. The van der Waals surface area contributed by atoms with Gasteiger partial charge in [-0.15, -0.1) is 0 Å². The smallest absolute Gasteiger partial charge is 0.330 e. The van der Waals surface area contributed by atoms with E-state index in [-0.39, 0.29) is 16.4 Å². The minimum Gasteiger partial charge on any atom is -0.330 e. The lowest BCUT2D eigenvalue weighted by atomic mass is 10.1. The molecule has 2 N–H and O–H groups in total. The Hall–Kier alpha value is -2.03. The Morgan fingerprint density at radius 1 is 0.955 bits per heavy atom. The van der Waals surface area contributed by atoms with Crippen LogP contribution in [0.15, 0.2) is 30.3 Å². The monoisotopic (exact) mass is 323 g/mol. The average molecular weight is 323 g/mol. The first-order valence-electron chi connectivity index (χ1n) is 6.17. The standard InChI is InChI=1S/C13H11F6N3/c14-12(15,16)10-7-11(13(17,18)19)22(21-10)9-3-1-8(2-4-9)5-6-20/h1-4,7H,5-6,20H2. The molecular formula is C13H11F6N3. The molecule has 120 valence electrons. The van der Waals surface area contributed by atoms with Crippen molar-refractivity contribution < 1.29 is 26.3 Å². The lowest BCUT2D eigenvalue weighted by Gasteiger charge is -2.10. The molecule has 1 aromatic heterocycles. The minimum absolute atomic E-state index is 0.00616. The number of hydrogen-bond acceptors (Lipinski definition) is 2. The van der Waals surface area contributed by atoms with E-state index in [4.69, 9.17) is 5.73 Å². The van der Waals surface area contributed by atoms with Gasteiger partial charge in [-0.25, -0.2) is 4.68 Å². The molecule has 0 aliphatic carbocycles. The molecule has 0 spiro atoms. The first-order valence-corrected chi connectivity index (χ1v) is 6.17. The van der Waals surface area contributed by atoms with Gasteiger partial charge in [0.05, 0.1) is 5.69 Å². The molecule has 0 saturated heterocycles. The molecule has 0 radical (unpaired) electrons. The summed E-state index contributed by atoms with van der Waals surface area (Å²) in [7, 11) is 0. The molecule has 0 aliphatic heterocycles. The van der Waals surface area contributed by atoms with Crippen molar-refractivity contribution in [3.8, 4) is 5.69 Å². The summed E-state index contributed by atoms with van der Waals surface area (Å²) in [5.74, 6) is 0.